The van der Waals surface area contributed by atoms with Gasteiger partial charge in [-0.25, -0.2) is 0 Å². The molecule has 17 heavy (non-hydrogen) atoms. The van der Waals surface area contributed by atoms with E-state index in [4.69, 9.17) is 5.26 Å². The van der Waals surface area contributed by atoms with Crippen molar-refractivity contribution < 1.29 is 9.59 Å². The number of hydrogen-bond donors (Lipinski definition) is 0. The lowest BCUT2D eigenvalue weighted by atomic mass is 10.0. The van der Waals surface area contributed by atoms with Gasteiger partial charge in [-0.3, -0.25) is 19.4 Å². The largest absolute Gasteiger partial charge is 0.290 e. The molecule has 0 aromatic heterocycles. The van der Waals surface area contributed by atoms with E-state index in [-0.39, 0.29) is 17.9 Å². The van der Waals surface area contributed by atoms with Gasteiger partial charge in [-0.2, -0.15) is 5.26 Å². The van der Waals surface area contributed by atoms with E-state index in [1.54, 1.807) is 6.92 Å². The van der Waals surface area contributed by atoms with Crippen molar-refractivity contribution in [3.8, 4) is 6.07 Å². The fraction of sp³-hybridized carbons (Fsp3) is 0.583. The van der Waals surface area contributed by atoms with E-state index < -0.39 is 0 Å². The molecule has 0 radical (unpaired) electrons. The van der Waals surface area contributed by atoms with Gasteiger partial charge in [0.2, 0.25) is 0 Å². The molecule has 0 aromatic carbocycles. The fourth-order valence-electron chi connectivity index (χ4n) is 2.39. The maximum atomic E-state index is 11.8. The third kappa shape index (κ3) is 2.22. The lowest BCUT2D eigenvalue weighted by molar-refractivity contribution is -0.140. The maximum Gasteiger partial charge on any atom is 0.256 e. The molecule has 0 aliphatic carbocycles. The van der Waals surface area contributed by atoms with Crippen LogP contribution in [-0.4, -0.2) is 47.3 Å². The van der Waals surface area contributed by atoms with Gasteiger partial charge in [-0.05, 0) is 19.8 Å². The molecular formula is C12H15N3O2. The van der Waals surface area contributed by atoms with Gasteiger partial charge in [-0.15, -0.1) is 0 Å². The second-order valence-electron chi connectivity index (χ2n) is 4.51. The number of rotatable bonds is 2. The van der Waals surface area contributed by atoms with E-state index in [9.17, 15) is 9.59 Å². The molecule has 0 bridgehead atoms. The molecule has 0 saturated carbocycles. The maximum absolute atomic E-state index is 11.8. The molecule has 1 fully saturated rings. The van der Waals surface area contributed by atoms with E-state index in [0.717, 1.165) is 25.9 Å². The number of carbonyl (C=O) groups excluding carboxylic acids is 2. The molecule has 5 nitrogen and oxygen atoms in total. The summed E-state index contributed by atoms with van der Waals surface area (Å²) in [6, 6.07) is 2.11. The third-order valence-electron chi connectivity index (χ3n) is 3.35. The zero-order chi connectivity index (χ0) is 12.4. The van der Waals surface area contributed by atoms with Gasteiger partial charge in [0.15, 0.2) is 0 Å². The molecule has 0 spiro atoms. The Balaban J connectivity index is 1.96. The van der Waals surface area contributed by atoms with Crippen LogP contribution in [0.25, 0.3) is 0 Å². The van der Waals surface area contributed by atoms with E-state index in [0.29, 0.717) is 12.1 Å². The highest BCUT2D eigenvalue weighted by Gasteiger charge is 2.35. The molecule has 2 aliphatic heterocycles. The van der Waals surface area contributed by atoms with Crippen LogP contribution in [0, 0.1) is 11.3 Å². The summed E-state index contributed by atoms with van der Waals surface area (Å²) in [5.41, 5.74) is 0.523. The predicted molar refractivity (Wildman–Crippen MR) is 60.7 cm³/mol. The normalized spacial score (nSPS) is 22.8. The minimum absolute atomic E-state index is 0.00126. The Kier molecular flexibility index (Phi) is 3.25. The third-order valence-corrected chi connectivity index (χ3v) is 3.35. The lowest BCUT2D eigenvalue weighted by Gasteiger charge is -2.34. The summed E-state index contributed by atoms with van der Waals surface area (Å²) in [5.74, 6) is -0.347. The van der Waals surface area contributed by atoms with Crippen LogP contribution in [-0.2, 0) is 9.59 Å². The van der Waals surface area contributed by atoms with Gasteiger partial charge in [0.05, 0.1) is 12.6 Å². The van der Waals surface area contributed by atoms with Crippen molar-refractivity contribution >= 4 is 11.8 Å². The molecule has 2 rings (SSSR count). The van der Waals surface area contributed by atoms with Crippen molar-refractivity contribution in [1.82, 2.24) is 9.80 Å². The minimum atomic E-state index is -0.189. The number of hydrogen-bond acceptors (Lipinski definition) is 4. The number of amides is 2. The summed E-state index contributed by atoms with van der Waals surface area (Å²) in [7, 11) is 0. The molecule has 0 atom stereocenters. The van der Waals surface area contributed by atoms with E-state index in [2.05, 4.69) is 6.07 Å². The first-order valence-electron chi connectivity index (χ1n) is 5.78. The molecule has 2 aliphatic rings. The second-order valence-corrected chi connectivity index (χ2v) is 4.51. The molecule has 0 N–H and O–H groups in total. The van der Waals surface area contributed by atoms with Gasteiger partial charge in [0, 0.05) is 30.8 Å². The summed E-state index contributed by atoms with van der Waals surface area (Å²) in [5, 5.41) is 8.60. The van der Waals surface area contributed by atoms with Crippen LogP contribution < -0.4 is 0 Å². The Morgan fingerprint density at radius 2 is 2.06 bits per heavy atom. The number of nitrogens with zero attached hydrogens (tertiary/aromatic N) is 3. The average Bonchev–Trinajstić information content (AvgIpc) is 2.55. The Morgan fingerprint density at radius 1 is 1.41 bits per heavy atom. The van der Waals surface area contributed by atoms with Crippen molar-refractivity contribution in [1.29, 1.82) is 5.26 Å². The molecule has 0 unspecified atom stereocenters. The molecule has 1 saturated heterocycles. The Bertz CT molecular complexity index is 414. The average molecular weight is 233 g/mol. The number of carbonyl (C=O) groups is 2. The van der Waals surface area contributed by atoms with Gasteiger partial charge in [-0.1, -0.05) is 0 Å². The van der Waals surface area contributed by atoms with Crippen LogP contribution in [0.3, 0.4) is 0 Å². The van der Waals surface area contributed by atoms with Crippen molar-refractivity contribution in [3.63, 3.8) is 0 Å². The number of imide groups is 1. The van der Waals surface area contributed by atoms with Gasteiger partial charge in [0.25, 0.3) is 11.8 Å². The van der Waals surface area contributed by atoms with Crippen molar-refractivity contribution in [3.05, 3.63) is 11.6 Å². The molecule has 2 heterocycles. The van der Waals surface area contributed by atoms with E-state index in [1.165, 1.54) is 11.0 Å². The monoisotopic (exact) mass is 233 g/mol. The topological polar surface area (TPSA) is 64.4 Å². The van der Waals surface area contributed by atoms with Crippen LogP contribution >= 0.6 is 0 Å². The Hall–Kier alpha value is -1.67. The summed E-state index contributed by atoms with van der Waals surface area (Å²) < 4.78 is 0. The van der Waals surface area contributed by atoms with Crippen molar-refractivity contribution in [2.75, 3.05) is 19.6 Å². The summed E-state index contributed by atoms with van der Waals surface area (Å²) in [6.07, 6.45) is 2.94. The zero-order valence-corrected chi connectivity index (χ0v) is 9.85. The fourth-order valence-corrected chi connectivity index (χ4v) is 2.39. The molecule has 5 heteroatoms. The standard InChI is InChI=1S/C12H15N3O2/c1-9-8-11(16)15(12(9)17)10-2-5-14(6-3-10)7-4-13/h8,10H,2-3,5-7H2,1H3. The lowest BCUT2D eigenvalue weighted by Crippen LogP contribution is -2.47. The molecule has 2 amide bonds. The minimum Gasteiger partial charge on any atom is -0.290 e. The summed E-state index contributed by atoms with van der Waals surface area (Å²) >= 11 is 0. The highest BCUT2D eigenvalue weighted by Crippen LogP contribution is 2.22. The summed E-state index contributed by atoms with van der Waals surface area (Å²) in [6.45, 7) is 3.64. The smallest absolute Gasteiger partial charge is 0.256 e. The Labute approximate surface area is 100 Å². The van der Waals surface area contributed by atoms with Crippen molar-refractivity contribution in [2.24, 2.45) is 0 Å². The van der Waals surface area contributed by atoms with Crippen LogP contribution in [0.15, 0.2) is 11.6 Å². The van der Waals surface area contributed by atoms with Crippen LogP contribution in [0.2, 0.25) is 0 Å². The van der Waals surface area contributed by atoms with E-state index in [1.807, 2.05) is 4.90 Å². The number of likely N-dealkylation sites (tertiary alicyclic amines) is 1. The quantitative estimate of drug-likeness (QED) is 0.508. The van der Waals surface area contributed by atoms with Crippen LogP contribution in [0.5, 0.6) is 0 Å². The number of nitriles is 1. The molecule has 90 valence electrons. The first-order valence-corrected chi connectivity index (χ1v) is 5.78. The van der Waals surface area contributed by atoms with Crippen LogP contribution in [0.1, 0.15) is 19.8 Å². The first-order chi connectivity index (χ1) is 8.13. The zero-order valence-electron chi connectivity index (χ0n) is 9.85. The highest BCUT2D eigenvalue weighted by molar-refractivity contribution is 6.16. The van der Waals surface area contributed by atoms with Gasteiger partial charge in [0.1, 0.15) is 0 Å². The van der Waals surface area contributed by atoms with Crippen LogP contribution in [0.4, 0.5) is 0 Å². The number of piperidine rings is 1. The molecular weight excluding hydrogens is 218 g/mol. The van der Waals surface area contributed by atoms with Crippen molar-refractivity contribution in [2.45, 2.75) is 25.8 Å². The first kappa shape index (κ1) is 11.8. The summed E-state index contributed by atoms with van der Waals surface area (Å²) in [4.78, 5) is 26.9. The second kappa shape index (κ2) is 4.68. The molecule has 0 aromatic rings. The van der Waals surface area contributed by atoms with E-state index >= 15 is 0 Å². The van der Waals surface area contributed by atoms with Gasteiger partial charge < -0.3 is 0 Å². The highest BCUT2D eigenvalue weighted by atomic mass is 16.2. The SMILES string of the molecule is CC1=CC(=O)N(C2CCN(CC#N)CC2)C1=O. The predicted octanol–water partition coefficient (Wildman–Crippen LogP) is 0.289. The Morgan fingerprint density at radius 3 is 2.53 bits per heavy atom. The van der Waals surface area contributed by atoms with Gasteiger partial charge >= 0.3 is 0 Å².